The molecule has 0 aliphatic carbocycles. The van der Waals surface area contributed by atoms with Crippen LogP contribution >= 0.6 is 0 Å². The van der Waals surface area contributed by atoms with Gasteiger partial charge in [0.25, 0.3) is 0 Å². The predicted molar refractivity (Wildman–Crippen MR) is 68.6 cm³/mol. The second kappa shape index (κ2) is 14.8. The van der Waals surface area contributed by atoms with Gasteiger partial charge in [-0.2, -0.15) is 0 Å². The minimum atomic E-state index is -0.447. The zero-order valence-corrected chi connectivity index (χ0v) is 11.8. The molecule has 0 spiro atoms. The van der Waals surface area contributed by atoms with Crippen LogP contribution in [-0.2, 0) is 14.2 Å². The van der Waals surface area contributed by atoms with Crippen molar-refractivity contribution in [2.45, 2.75) is 39.1 Å². The molecule has 0 radical (unpaired) electrons. The first-order valence-electron chi connectivity index (χ1n) is 6.09. The molecule has 0 saturated carbocycles. The smallest absolute Gasteiger partial charge is 0.0781 e. The fourth-order valence-corrected chi connectivity index (χ4v) is 0.795. The minimum absolute atomic E-state index is 0.0170. The van der Waals surface area contributed by atoms with Gasteiger partial charge in [0.1, 0.15) is 0 Å². The fourth-order valence-electron chi connectivity index (χ4n) is 0.795. The van der Waals surface area contributed by atoms with Crippen molar-refractivity contribution in [1.82, 2.24) is 0 Å². The van der Waals surface area contributed by atoms with E-state index in [9.17, 15) is 0 Å². The van der Waals surface area contributed by atoms with Crippen LogP contribution < -0.4 is 0 Å². The number of hydrogen-bond donors (Lipinski definition) is 3. The Kier molecular flexibility index (Phi) is 16.5. The molecule has 0 saturated heterocycles. The maximum absolute atomic E-state index is 8.92. The summed E-state index contributed by atoms with van der Waals surface area (Å²) in [6, 6.07) is 0. The summed E-state index contributed by atoms with van der Waals surface area (Å²) in [5, 5.41) is 25.5. The number of rotatable bonds is 9. The first-order valence-corrected chi connectivity index (χ1v) is 6.09. The second-order valence-electron chi connectivity index (χ2n) is 4.04. The summed E-state index contributed by atoms with van der Waals surface area (Å²) in [6.45, 7) is 6.67. The number of aliphatic hydroxyl groups is 3. The third kappa shape index (κ3) is 18.1. The van der Waals surface area contributed by atoms with Gasteiger partial charge in [0, 0.05) is 7.11 Å². The molecule has 0 aromatic carbocycles. The average molecular weight is 268 g/mol. The molecular weight excluding hydrogens is 240 g/mol. The maximum atomic E-state index is 8.92. The van der Waals surface area contributed by atoms with E-state index in [0.717, 1.165) is 0 Å². The van der Waals surface area contributed by atoms with E-state index in [4.69, 9.17) is 24.8 Å². The Bertz CT molecular complexity index is 152. The summed E-state index contributed by atoms with van der Waals surface area (Å²) in [5.74, 6) is 0. The second-order valence-corrected chi connectivity index (χ2v) is 4.04. The fraction of sp³-hybridized carbons (Fsp3) is 1.00. The van der Waals surface area contributed by atoms with E-state index < -0.39 is 6.10 Å². The molecule has 0 aliphatic rings. The Morgan fingerprint density at radius 2 is 1.50 bits per heavy atom. The highest BCUT2D eigenvalue weighted by Gasteiger charge is 2.06. The van der Waals surface area contributed by atoms with Crippen molar-refractivity contribution < 1.29 is 29.5 Å². The summed E-state index contributed by atoms with van der Waals surface area (Å²) >= 11 is 0. The van der Waals surface area contributed by atoms with Crippen LogP contribution in [-0.4, -0.2) is 73.8 Å². The molecule has 6 heteroatoms. The van der Waals surface area contributed by atoms with Gasteiger partial charge in [0.05, 0.1) is 51.3 Å². The van der Waals surface area contributed by atoms with Gasteiger partial charge in [0.2, 0.25) is 0 Å². The van der Waals surface area contributed by atoms with Crippen molar-refractivity contribution in [2.24, 2.45) is 0 Å². The third-order valence-corrected chi connectivity index (χ3v) is 1.79. The molecule has 3 atom stereocenters. The lowest BCUT2D eigenvalue weighted by Crippen LogP contribution is -2.24. The van der Waals surface area contributed by atoms with Gasteiger partial charge >= 0.3 is 0 Å². The molecule has 6 nitrogen and oxygen atoms in total. The summed E-state index contributed by atoms with van der Waals surface area (Å²) in [6.07, 6.45) is -0.654. The standard InChI is InChI=1S/C9H20O4.C3H8O2/c1-7(11)5-12-9(3)6-13-8(2)4-10;1-5-3-2-4/h7-11H,4-6H2,1-3H3;4H,2-3H2,1H3. The van der Waals surface area contributed by atoms with Gasteiger partial charge in [-0.3, -0.25) is 0 Å². The highest BCUT2D eigenvalue weighted by molar-refractivity contribution is 4.52. The van der Waals surface area contributed by atoms with Crippen molar-refractivity contribution >= 4 is 0 Å². The Morgan fingerprint density at radius 3 is 1.83 bits per heavy atom. The Hall–Kier alpha value is -0.240. The molecule has 0 heterocycles. The maximum Gasteiger partial charge on any atom is 0.0781 e. The van der Waals surface area contributed by atoms with Gasteiger partial charge in [-0.1, -0.05) is 0 Å². The van der Waals surface area contributed by atoms with Crippen LogP contribution in [0.25, 0.3) is 0 Å². The van der Waals surface area contributed by atoms with E-state index >= 15 is 0 Å². The molecular formula is C12H28O6. The Balaban J connectivity index is 0. The first kappa shape index (κ1) is 20.1. The highest BCUT2D eigenvalue weighted by Crippen LogP contribution is 1.97. The topological polar surface area (TPSA) is 88.4 Å². The summed E-state index contributed by atoms with van der Waals surface area (Å²) in [4.78, 5) is 0. The molecule has 0 aromatic heterocycles. The third-order valence-electron chi connectivity index (χ3n) is 1.79. The Labute approximate surface area is 109 Å². The van der Waals surface area contributed by atoms with E-state index in [0.29, 0.717) is 19.8 Å². The number of ether oxygens (including phenoxy) is 3. The number of methoxy groups -OCH3 is 1. The van der Waals surface area contributed by atoms with Crippen molar-refractivity contribution in [1.29, 1.82) is 0 Å². The molecule has 0 rings (SSSR count). The SMILES string of the molecule is CC(O)COC(C)COC(C)CO.COCCO. The monoisotopic (exact) mass is 268 g/mol. The first-order chi connectivity index (χ1) is 8.47. The summed E-state index contributed by atoms with van der Waals surface area (Å²) in [7, 11) is 1.55. The molecule has 0 bridgehead atoms. The molecule has 0 fully saturated rings. The van der Waals surface area contributed by atoms with Crippen LogP contribution in [0, 0.1) is 0 Å². The molecule has 3 N–H and O–H groups in total. The zero-order valence-electron chi connectivity index (χ0n) is 11.8. The van der Waals surface area contributed by atoms with E-state index in [-0.39, 0.29) is 25.4 Å². The average Bonchev–Trinajstić information content (AvgIpc) is 2.35. The van der Waals surface area contributed by atoms with Crippen LogP contribution in [0.15, 0.2) is 0 Å². The van der Waals surface area contributed by atoms with E-state index in [1.54, 1.807) is 21.0 Å². The van der Waals surface area contributed by atoms with Crippen LogP contribution in [0.1, 0.15) is 20.8 Å². The molecule has 18 heavy (non-hydrogen) atoms. The van der Waals surface area contributed by atoms with Crippen molar-refractivity contribution in [3.8, 4) is 0 Å². The summed E-state index contributed by atoms with van der Waals surface area (Å²) < 4.78 is 14.9. The van der Waals surface area contributed by atoms with Crippen LogP contribution in [0.5, 0.6) is 0 Å². The van der Waals surface area contributed by atoms with Gasteiger partial charge in [-0.15, -0.1) is 0 Å². The molecule has 112 valence electrons. The van der Waals surface area contributed by atoms with E-state index in [2.05, 4.69) is 4.74 Å². The largest absolute Gasteiger partial charge is 0.394 e. The molecule has 0 aromatic rings. The quantitative estimate of drug-likeness (QED) is 0.536. The number of aliphatic hydroxyl groups excluding tert-OH is 3. The van der Waals surface area contributed by atoms with Gasteiger partial charge in [-0.05, 0) is 20.8 Å². The van der Waals surface area contributed by atoms with Crippen molar-refractivity contribution in [3.63, 3.8) is 0 Å². The number of hydrogen-bond acceptors (Lipinski definition) is 6. The molecule has 0 aliphatic heterocycles. The minimum Gasteiger partial charge on any atom is -0.394 e. The highest BCUT2D eigenvalue weighted by atomic mass is 16.5. The lowest BCUT2D eigenvalue weighted by Gasteiger charge is -2.16. The van der Waals surface area contributed by atoms with Crippen molar-refractivity contribution in [2.75, 3.05) is 40.1 Å². The predicted octanol–water partition coefficient (Wildman–Crippen LogP) is -0.205. The van der Waals surface area contributed by atoms with Gasteiger partial charge in [-0.25, -0.2) is 0 Å². The lowest BCUT2D eigenvalue weighted by molar-refractivity contribution is -0.0620. The van der Waals surface area contributed by atoms with Crippen molar-refractivity contribution in [3.05, 3.63) is 0 Å². The molecule has 0 amide bonds. The van der Waals surface area contributed by atoms with Gasteiger partial charge in [0.15, 0.2) is 0 Å². The Morgan fingerprint density at radius 1 is 0.944 bits per heavy atom. The lowest BCUT2D eigenvalue weighted by atomic mass is 10.4. The van der Waals surface area contributed by atoms with E-state index in [1.165, 1.54) is 0 Å². The van der Waals surface area contributed by atoms with Crippen LogP contribution in [0.2, 0.25) is 0 Å². The normalized spacial score (nSPS) is 15.5. The zero-order chi connectivity index (χ0) is 14.4. The van der Waals surface area contributed by atoms with E-state index in [1.807, 2.05) is 6.92 Å². The van der Waals surface area contributed by atoms with Gasteiger partial charge < -0.3 is 29.5 Å². The summed E-state index contributed by atoms with van der Waals surface area (Å²) in [5.41, 5.74) is 0. The molecule has 3 unspecified atom stereocenters. The van der Waals surface area contributed by atoms with Crippen LogP contribution in [0.4, 0.5) is 0 Å². The van der Waals surface area contributed by atoms with Crippen LogP contribution in [0.3, 0.4) is 0 Å².